The van der Waals surface area contributed by atoms with E-state index in [-0.39, 0.29) is 17.7 Å². The van der Waals surface area contributed by atoms with Gasteiger partial charge in [-0.1, -0.05) is 0 Å². The van der Waals surface area contributed by atoms with Crippen LogP contribution in [0.5, 0.6) is 0 Å². The van der Waals surface area contributed by atoms with Gasteiger partial charge in [0.25, 0.3) is 5.91 Å². The Morgan fingerprint density at radius 1 is 1.50 bits per heavy atom. The first-order valence-corrected chi connectivity index (χ1v) is 8.14. The Labute approximate surface area is 127 Å². The molecule has 0 spiro atoms. The third-order valence-corrected chi connectivity index (χ3v) is 6.26. The van der Waals surface area contributed by atoms with Gasteiger partial charge < -0.3 is 4.90 Å². The number of hydrogen-bond acceptors (Lipinski definition) is 3. The summed E-state index contributed by atoms with van der Waals surface area (Å²) in [6, 6.07) is 1.91. The number of carbonyl (C=O) groups excluding carboxylic acids is 2. The minimum absolute atomic E-state index is 0.0372. The molecular weight excluding hydrogens is 382 g/mol. The van der Waals surface area contributed by atoms with E-state index in [1.54, 1.807) is 6.92 Å². The third-order valence-electron chi connectivity index (χ3n) is 3.02. The second-order valence-electron chi connectivity index (χ2n) is 4.43. The molecule has 1 aromatic rings. The van der Waals surface area contributed by atoms with Gasteiger partial charge in [0.2, 0.25) is 0 Å². The van der Waals surface area contributed by atoms with Crippen LogP contribution in [0.2, 0.25) is 0 Å². The van der Waals surface area contributed by atoms with Crippen molar-refractivity contribution in [3.05, 3.63) is 19.2 Å². The highest BCUT2D eigenvalue weighted by Crippen LogP contribution is 2.34. The van der Waals surface area contributed by atoms with E-state index >= 15 is 0 Å². The second kappa shape index (κ2) is 5.84. The van der Waals surface area contributed by atoms with Crippen LogP contribution in [0.3, 0.4) is 0 Å². The first-order chi connectivity index (χ1) is 8.49. The van der Waals surface area contributed by atoms with Gasteiger partial charge in [0.1, 0.15) is 5.78 Å². The van der Waals surface area contributed by atoms with Crippen LogP contribution in [-0.2, 0) is 4.79 Å². The van der Waals surface area contributed by atoms with Gasteiger partial charge in [0, 0.05) is 23.5 Å². The van der Waals surface area contributed by atoms with Crippen molar-refractivity contribution < 1.29 is 9.59 Å². The van der Waals surface area contributed by atoms with E-state index < -0.39 is 0 Å². The van der Waals surface area contributed by atoms with Gasteiger partial charge in [0.05, 0.1) is 8.66 Å². The van der Waals surface area contributed by atoms with E-state index in [2.05, 4.69) is 31.9 Å². The number of thiophene rings is 1. The maximum atomic E-state index is 12.4. The number of amides is 1. The van der Waals surface area contributed by atoms with Crippen LogP contribution in [0.25, 0.3) is 0 Å². The van der Waals surface area contributed by atoms with Crippen molar-refractivity contribution in [3.8, 4) is 0 Å². The van der Waals surface area contributed by atoms with Gasteiger partial charge in [-0.25, -0.2) is 0 Å². The highest BCUT2D eigenvalue weighted by atomic mass is 79.9. The van der Waals surface area contributed by atoms with E-state index in [1.807, 2.05) is 11.0 Å². The Kier molecular flexibility index (Phi) is 4.61. The number of rotatable bonds is 3. The highest BCUT2D eigenvalue weighted by Gasteiger charge is 2.31. The average Bonchev–Trinajstić information content (AvgIpc) is 2.85. The molecule has 0 aromatic carbocycles. The zero-order valence-electron chi connectivity index (χ0n) is 9.91. The molecule has 18 heavy (non-hydrogen) atoms. The topological polar surface area (TPSA) is 37.4 Å². The van der Waals surface area contributed by atoms with Crippen LogP contribution >= 0.6 is 43.2 Å². The standard InChI is InChI=1S/C12H13Br2NO2S/c1-7(16)5-8-3-2-4-15(8)12(17)10-6-9(13)11(14)18-10/h6,8H,2-5H2,1H3. The molecule has 1 aromatic heterocycles. The molecule has 6 heteroatoms. The van der Waals surface area contributed by atoms with Gasteiger partial charge in [-0.2, -0.15) is 0 Å². The maximum absolute atomic E-state index is 12.4. The summed E-state index contributed by atoms with van der Waals surface area (Å²) >= 11 is 8.21. The number of hydrogen-bond donors (Lipinski definition) is 0. The third kappa shape index (κ3) is 3.03. The minimum atomic E-state index is 0.0372. The van der Waals surface area contributed by atoms with Crippen LogP contribution in [0.1, 0.15) is 35.9 Å². The van der Waals surface area contributed by atoms with Crippen LogP contribution in [0.4, 0.5) is 0 Å². The molecule has 1 unspecified atom stereocenters. The molecule has 2 rings (SSSR count). The van der Waals surface area contributed by atoms with Gasteiger partial charge in [-0.15, -0.1) is 11.3 Å². The first-order valence-electron chi connectivity index (χ1n) is 5.74. The largest absolute Gasteiger partial charge is 0.335 e. The molecule has 3 nitrogen and oxygen atoms in total. The normalized spacial score (nSPS) is 19.3. The number of halogens is 2. The molecule has 98 valence electrons. The maximum Gasteiger partial charge on any atom is 0.264 e. The zero-order valence-corrected chi connectivity index (χ0v) is 13.9. The lowest BCUT2D eigenvalue weighted by molar-refractivity contribution is -0.117. The summed E-state index contributed by atoms with van der Waals surface area (Å²) in [7, 11) is 0. The van der Waals surface area contributed by atoms with Crippen LogP contribution < -0.4 is 0 Å². The van der Waals surface area contributed by atoms with Crippen molar-refractivity contribution in [2.75, 3.05) is 6.54 Å². The fraction of sp³-hybridized carbons (Fsp3) is 0.500. The summed E-state index contributed by atoms with van der Waals surface area (Å²) in [4.78, 5) is 26.2. The van der Waals surface area contributed by atoms with E-state index in [0.717, 1.165) is 27.6 Å². The molecule has 1 fully saturated rings. The van der Waals surface area contributed by atoms with Gasteiger partial charge in [-0.05, 0) is 57.7 Å². The molecule has 0 aliphatic carbocycles. The number of ketones is 1. The fourth-order valence-corrected chi connectivity index (χ4v) is 4.23. The van der Waals surface area contributed by atoms with Gasteiger partial charge in [-0.3, -0.25) is 9.59 Å². The number of carbonyl (C=O) groups is 2. The van der Waals surface area contributed by atoms with Crippen molar-refractivity contribution >= 4 is 54.9 Å². The summed E-state index contributed by atoms with van der Waals surface area (Å²) < 4.78 is 1.83. The first kappa shape index (κ1) is 14.2. The lowest BCUT2D eigenvalue weighted by atomic mass is 10.1. The van der Waals surface area contributed by atoms with E-state index in [1.165, 1.54) is 11.3 Å². The predicted molar refractivity (Wildman–Crippen MR) is 79.1 cm³/mol. The van der Waals surface area contributed by atoms with Crippen LogP contribution in [-0.4, -0.2) is 29.2 Å². The SMILES string of the molecule is CC(=O)CC1CCCN1C(=O)c1cc(Br)c(Br)s1. The summed E-state index contributed by atoms with van der Waals surface area (Å²) in [5.74, 6) is 0.184. The predicted octanol–water partition coefficient (Wildman–Crippen LogP) is 3.86. The Morgan fingerprint density at radius 3 is 2.78 bits per heavy atom. The van der Waals surface area contributed by atoms with Crippen molar-refractivity contribution in [1.82, 2.24) is 4.90 Å². The molecule has 2 heterocycles. The molecule has 1 aliphatic heterocycles. The zero-order chi connectivity index (χ0) is 13.3. The number of nitrogens with zero attached hydrogens (tertiary/aromatic N) is 1. The lowest BCUT2D eigenvalue weighted by Gasteiger charge is -2.23. The number of Topliss-reactive ketones (excluding diaryl/α,β-unsaturated/α-hetero) is 1. The smallest absolute Gasteiger partial charge is 0.264 e. The Morgan fingerprint density at radius 2 is 2.22 bits per heavy atom. The van der Waals surface area contributed by atoms with Crippen molar-refractivity contribution in [3.63, 3.8) is 0 Å². The van der Waals surface area contributed by atoms with Crippen molar-refractivity contribution in [2.24, 2.45) is 0 Å². The molecule has 1 aliphatic rings. The molecule has 1 saturated heterocycles. The Hall–Kier alpha value is -0.200. The Balaban J connectivity index is 2.15. The van der Waals surface area contributed by atoms with E-state index in [4.69, 9.17) is 0 Å². The molecule has 1 amide bonds. The number of likely N-dealkylation sites (tertiary alicyclic amines) is 1. The van der Waals surface area contributed by atoms with E-state index in [0.29, 0.717) is 11.3 Å². The fourth-order valence-electron chi connectivity index (χ4n) is 2.24. The van der Waals surface area contributed by atoms with Crippen LogP contribution in [0.15, 0.2) is 14.3 Å². The molecular formula is C12H13Br2NO2S. The summed E-state index contributed by atoms with van der Waals surface area (Å²) in [6.07, 6.45) is 2.38. The molecule has 0 N–H and O–H groups in total. The second-order valence-corrected chi connectivity index (χ2v) is 7.66. The summed E-state index contributed by atoms with van der Waals surface area (Å²) in [5.41, 5.74) is 0. The van der Waals surface area contributed by atoms with Crippen molar-refractivity contribution in [2.45, 2.75) is 32.2 Å². The lowest BCUT2D eigenvalue weighted by Crippen LogP contribution is -2.36. The molecule has 0 bridgehead atoms. The van der Waals surface area contributed by atoms with Gasteiger partial charge >= 0.3 is 0 Å². The van der Waals surface area contributed by atoms with Gasteiger partial charge in [0.15, 0.2) is 0 Å². The molecule has 0 saturated carbocycles. The quantitative estimate of drug-likeness (QED) is 0.780. The Bertz CT molecular complexity index is 467. The van der Waals surface area contributed by atoms with Crippen molar-refractivity contribution in [1.29, 1.82) is 0 Å². The van der Waals surface area contributed by atoms with E-state index in [9.17, 15) is 9.59 Å². The molecule has 1 atom stereocenters. The summed E-state index contributed by atoms with van der Waals surface area (Å²) in [5, 5.41) is 0. The highest BCUT2D eigenvalue weighted by molar-refractivity contribution is 9.13. The monoisotopic (exact) mass is 393 g/mol. The average molecular weight is 395 g/mol. The molecule has 0 radical (unpaired) electrons. The minimum Gasteiger partial charge on any atom is -0.335 e. The summed E-state index contributed by atoms with van der Waals surface area (Å²) in [6.45, 7) is 2.34. The van der Waals surface area contributed by atoms with Crippen LogP contribution in [0, 0.1) is 0 Å².